The molecular weight excluding hydrogens is 274 g/mol. The van der Waals surface area contributed by atoms with Crippen LogP contribution in [0.4, 0.5) is 0 Å². The van der Waals surface area contributed by atoms with E-state index >= 15 is 0 Å². The van der Waals surface area contributed by atoms with Gasteiger partial charge in [0.1, 0.15) is 11.4 Å². The molecule has 0 spiro atoms. The van der Waals surface area contributed by atoms with Gasteiger partial charge >= 0.3 is 5.97 Å². The van der Waals surface area contributed by atoms with E-state index in [0.29, 0.717) is 17.3 Å². The minimum atomic E-state index is -0.485. The molecule has 2 heterocycles. The summed E-state index contributed by atoms with van der Waals surface area (Å²) in [4.78, 5) is 15.0. The maximum Gasteiger partial charge on any atom is 0.355 e. The molecule has 3 rings (SSSR count). The molecule has 1 aromatic carbocycles. The fourth-order valence-electron chi connectivity index (χ4n) is 1.94. The Kier molecular flexibility index (Phi) is 3.31. The summed E-state index contributed by atoms with van der Waals surface area (Å²) < 4.78 is 15.4. The van der Waals surface area contributed by atoms with Crippen molar-refractivity contribution in [2.45, 2.75) is 13.5 Å². The molecule has 0 saturated carbocycles. The molecule has 0 aliphatic carbocycles. The van der Waals surface area contributed by atoms with Gasteiger partial charge in [-0.15, -0.1) is 10.2 Å². The smallest absolute Gasteiger partial charge is 0.355 e. The van der Waals surface area contributed by atoms with Gasteiger partial charge in [-0.25, -0.2) is 4.79 Å². The van der Waals surface area contributed by atoms with Crippen LogP contribution < -0.4 is 4.74 Å². The average molecular weight is 287 g/mol. The van der Waals surface area contributed by atoms with Gasteiger partial charge in [0.05, 0.1) is 7.11 Å². The molecule has 0 aliphatic heterocycles. The molecule has 0 fully saturated rings. The van der Waals surface area contributed by atoms with Gasteiger partial charge in [0.25, 0.3) is 5.89 Å². The maximum absolute atomic E-state index is 12.0. The second-order valence-corrected chi connectivity index (χ2v) is 4.43. The van der Waals surface area contributed by atoms with Crippen molar-refractivity contribution < 1.29 is 18.7 Å². The van der Waals surface area contributed by atoms with E-state index in [4.69, 9.17) is 13.9 Å². The van der Waals surface area contributed by atoms with Crippen LogP contribution in [0.1, 0.15) is 22.3 Å². The first-order valence-corrected chi connectivity index (χ1v) is 6.28. The molecule has 0 aliphatic rings. The van der Waals surface area contributed by atoms with E-state index in [9.17, 15) is 4.79 Å². The van der Waals surface area contributed by atoms with E-state index in [2.05, 4.69) is 15.2 Å². The molecule has 108 valence electrons. The number of nitrogens with one attached hydrogen (secondary N) is 1. The Morgan fingerprint density at radius 1 is 1.33 bits per heavy atom. The summed E-state index contributed by atoms with van der Waals surface area (Å²) in [6.45, 7) is 1.61. The molecule has 0 radical (unpaired) electrons. The Balaban J connectivity index is 1.75. The normalized spacial score (nSPS) is 10.8. The minimum absolute atomic E-state index is 0.0572. The van der Waals surface area contributed by atoms with Gasteiger partial charge in [0.2, 0.25) is 5.89 Å². The highest BCUT2D eigenvalue weighted by Gasteiger charge is 2.13. The van der Waals surface area contributed by atoms with Crippen molar-refractivity contribution in [2.75, 3.05) is 7.11 Å². The number of aryl methyl sites for hydroxylation is 1. The number of carbonyl (C=O) groups excluding carboxylic acids is 1. The summed E-state index contributed by atoms with van der Waals surface area (Å²) >= 11 is 0. The fourth-order valence-corrected chi connectivity index (χ4v) is 1.94. The summed E-state index contributed by atoms with van der Waals surface area (Å²) in [6, 6.07) is 7.22. The van der Waals surface area contributed by atoms with Gasteiger partial charge in [0.15, 0.2) is 6.61 Å². The van der Waals surface area contributed by atoms with Crippen LogP contribution in [-0.4, -0.2) is 28.3 Å². The van der Waals surface area contributed by atoms with E-state index in [1.54, 1.807) is 20.1 Å². The first-order valence-electron chi connectivity index (χ1n) is 6.28. The number of fused-ring (bicyclic) bond motifs is 1. The maximum atomic E-state index is 12.0. The van der Waals surface area contributed by atoms with E-state index < -0.39 is 5.97 Å². The van der Waals surface area contributed by atoms with E-state index in [-0.39, 0.29) is 12.5 Å². The summed E-state index contributed by atoms with van der Waals surface area (Å²) in [7, 11) is 1.59. The molecule has 0 amide bonds. The van der Waals surface area contributed by atoms with Gasteiger partial charge in [-0.1, -0.05) is 0 Å². The number of aromatic nitrogens is 3. The lowest BCUT2D eigenvalue weighted by atomic mass is 10.2. The number of esters is 1. The fraction of sp³-hybridized carbons (Fsp3) is 0.214. The predicted molar refractivity (Wildman–Crippen MR) is 73.0 cm³/mol. The Labute approximate surface area is 119 Å². The van der Waals surface area contributed by atoms with Crippen molar-refractivity contribution in [1.82, 2.24) is 15.2 Å². The van der Waals surface area contributed by atoms with E-state index in [1.807, 2.05) is 18.2 Å². The van der Waals surface area contributed by atoms with Crippen LogP contribution in [0.3, 0.4) is 0 Å². The molecule has 0 saturated heterocycles. The van der Waals surface area contributed by atoms with Gasteiger partial charge in [-0.2, -0.15) is 0 Å². The quantitative estimate of drug-likeness (QED) is 0.740. The molecular formula is C14H13N3O4. The minimum Gasteiger partial charge on any atom is -0.497 e. The van der Waals surface area contributed by atoms with Crippen LogP contribution in [0.5, 0.6) is 5.75 Å². The van der Waals surface area contributed by atoms with Gasteiger partial charge in [0, 0.05) is 23.9 Å². The number of benzene rings is 1. The van der Waals surface area contributed by atoms with Crippen molar-refractivity contribution in [3.05, 3.63) is 41.7 Å². The number of ether oxygens (including phenoxy) is 2. The Bertz CT molecular complexity index is 790. The van der Waals surface area contributed by atoms with Crippen LogP contribution in [0.25, 0.3) is 10.9 Å². The average Bonchev–Trinajstić information content (AvgIpc) is 3.09. The molecule has 7 heteroatoms. The highest BCUT2D eigenvalue weighted by Crippen LogP contribution is 2.21. The molecule has 2 aromatic heterocycles. The van der Waals surface area contributed by atoms with Gasteiger partial charge in [-0.3, -0.25) is 0 Å². The second kappa shape index (κ2) is 5.28. The Hall–Kier alpha value is -2.83. The number of H-pyrrole nitrogens is 1. The van der Waals surface area contributed by atoms with Gasteiger partial charge in [-0.05, 0) is 18.2 Å². The van der Waals surface area contributed by atoms with Gasteiger partial charge < -0.3 is 18.9 Å². The third-order valence-corrected chi connectivity index (χ3v) is 2.94. The summed E-state index contributed by atoms with van der Waals surface area (Å²) in [6.07, 6.45) is 0. The monoisotopic (exact) mass is 287 g/mol. The third-order valence-electron chi connectivity index (χ3n) is 2.94. The number of nitrogens with zero attached hydrogens (tertiary/aromatic N) is 2. The first-order chi connectivity index (χ1) is 10.2. The van der Waals surface area contributed by atoms with Crippen LogP contribution in [0, 0.1) is 6.92 Å². The SMILES string of the molecule is COc1ccc2cc(C(=O)OCc3nnc(C)o3)[nH]c2c1. The number of hydrogen-bond donors (Lipinski definition) is 1. The van der Waals surface area contributed by atoms with Crippen molar-refractivity contribution in [3.8, 4) is 5.75 Å². The lowest BCUT2D eigenvalue weighted by molar-refractivity contribution is 0.0431. The Morgan fingerprint density at radius 3 is 2.90 bits per heavy atom. The highest BCUT2D eigenvalue weighted by atomic mass is 16.5. The van der Waals surface area contributed by atoms with E-state index in [1.165, 1.54) is 0 Å². The number of rotatable bonds is 4. The van der Waals surface area contributed by atoms with Crippen LogP contribution >= 0.6 is 0 Å². The first kappa shape index (κ1) is 13.2. The largest absolute Gasteiger partial charge is 0.497 e. The van der Waals surface area contributed by atoms with Crippen molar-refractivity contribution in [3.63, 3.8) is 0 Å². The summed E-state index contributed by atoms with van der Waals surface area (Å²) in [5, 5.41) is 8.32. The summed E-state index contributed by atoms with van der Waals surface area (Å²) in [5.41, 5.74) is 1.16. The van der Waals surface area contributed by atoms with Crippen LogP contribution in [0.15, 0.2) is 28.7 Å². The molecule has 3 aromatic rings. The second-order valence-electron chi connectivity index (χ2n) is 4.43. The lowest BCUT2D eigenvalue weighted by Crippen LogP contribution is -2.05. The molecule has 0 atom stereocenters. The van der Waals surface area contributed by atoms with Crippen LogP contribution in [-0.2, 0) is 11.3 Å². The lowest BCUT2D eigenvalue weighted by Gasteiger charge is -1.99. The molecule has 0 unspecified atom stereocenters. The topological polar surface area (TPSA) is 90.2 Å². The number of aromatic amines is 1. The summed E-state index contributed by atoms with van der Waals surface area (Å²) in [5.74, 6) is 0.920. The highest BCUT2D eigenvalue weighted by molar-refractivity contribution is 5.95. The molecule has 7 nitrogen and oxygen atoms in total. The third kappa shape index (κ3) is 2.71. The zero-order valence-electron chi connectivity index (χ0n) is 11.5. The zero-order valence-corrected chi connectivity index (χ0v) is 11.5. The van der Waals surface area contributed by atoms with Crippen molar-refractivity contribution in [2.24, 2.45) is 0 Å². The standard InChI is InChI=1S/C14H13N3O4/c1-8-16-17-13(21-8)7-20-14(18)12-5-9-3-4-10(19-2)6-11(9)15-12/h3-6,15H,7H2,1-2H3. The Morgan fingerprint density at radius 2 is 2.19 bits per heavy atom. The zero-order chi connectivity index (χ0) is 14.8. The number of hydrogen-bond acceptors (Lipinski definition) is 6. The van der Waals surface area contributed by atoms with Crippen molar-refractivity contribution >= 4 is 16.9 Å². The molecule has 21 heavy (non-hydrogen) atoms. The van der Waals surface area contributed by atoms with E-state index in [0.717, 1.165) is 10.9 Å². The molecule has 0 bridgehead atoms. The number of methoxy groups -OCH3 is 1. The van der Waals surface area contributed by atoms with Crippen molar-refractivity contribution in [1.29, 1.82) is 0 Å². The molecule has 1 N–H and O–H groups in total. The number of carbonyl (C=O) groups is 1. The van der Waals surface area contributed by atoms with Crippen LogP contribution in [0.2, 0.25) is 0 Å². The predicted octanol–water partition coefficient (Wildman–Crippen LogP) is 2.22.